The van der Waals surface area contributed by atoms with Gasteiger partial charge in [-0.15, -0.1) is 0 Å². The second kappa shape index (κ2) is 5.57. The Labute approximate surface area is 108 Å². The van der Waals surface area contributed by atoms with Crippen LogP contribution in [0.25, 0.3) is 0 Å². The summed E-state index contributed by atoms with van der Waals surface area (Å²) in [6, 6.07) is 3.81. The Morgan fingerprint density at radius 2 is 2.06 bits per heavy atom. The van der Waals surface area contributed by atoms with Crippen LogP contribution in [-0.4, -0.2) is 35.1 Å². The molecule has 0 saturated carbocycles. The highest BCUT2D eigenvalue weighted by Crippen LogP contribution is 2.26. The first-order valence-corrected chi connectivity index (χ1v) is 5.41. The Balaban J connectivity index is 2.84. The van der Waals surface area contributed by atoms with Crippen molar-refractivity contribution in [1.29, 1.82) is 0 Å². The number of alkyl halides is 3. The van der Waals surface area contributed by atoms with Crippen LogP contribution in [0.5, 0.6) is 5.75 Å². The van der Waals surface area contributed by atoms with Crippen molar-refractivity contribution in [3.8, 4) is 5.75 Å². The zero-order chi connectivity index (χ0) is 13.9. The Morgan fingerprint density at radius 3 is 2.56 bits per heavy atom. The van der Waals surface area contributed by atoms with Crippen LogP contribution >= 0.6 is 15.9 Å². The number of carboxylic acid groups (broad SMARTS) is 1. The maximum Gasteiger partial charge on any atom is 0.417 e. The van der Waals surface area contributed by atoms with Crippen LogP contribution in [0.4, 0.5) is 13.2 Å². The van der Waals surface area contributed by atoms with E-state index in [1.165, 1.54) is 18.2 Å². The zero-order valence-corrected chi connectivity index (χ0v) is 10.3. The standard InChI is InChI=1S/C10H8BrF3O4/c11-5-1-2-6(9(16)17)7(3-5)18-4-8(15)10(12,13)14/h1-3,8,15H,4H2,(H,16,17). The number of aliphatic hydroxyl groups excluding tert-OH is 1. The topological polar surface area (TPSA) is 66.8 Å². The van der Waals surface area contributed by atoms with E-state index < -0.39 is 24.9 Å². The van der Waals surface area contributed by atoms with Gasteiger partial charge in [0.2, 0.25) is 0 Å². The number of hydrogen-bond acceptors (Lipinski definition) is 3. The summed E-state index contributed by atoms with van der Waals surface area (Å²) < 4.78 is 41.2. The fraction of sp³-hybridized carbons (Fsp3) is 0.300. The number of aromatic carboxylic acids is 1. The molecule has 0 aliphatic carbocycles. The monoisotopic (exact) mass is 328 g/mol. The van der Waals surface area contributed by atoms with Crippen molar-refractivity contribution in [2.24, 2.45) is 0 Å². The highest BCUT2D eigenvalue weighted by atomic mass is 79.9. The van der Waals surface area contributed by atoms with E-state index in [4.69, 9.17) is 10.2 Å². The Hall–Kier alpha value is -1.28. The molecule has 0 aliphatic rings. The van der Waals surface area contributed by atoms with Gasteiger partial charge < -0.3 is 14.9 Å². The van der Waals surface area contributed by atoms with Gasteiger partial charge in [0.25, 0.3) is 0 Å². The number of carbonyl (C=O) groups is 1. The highest BCUT2D eigenvalue weighted by molar-refractivity contribution is 9.10. The fourth-order valence-electron chi connectivity index (χ4n) is 1.06. The third kappa shape index (κ3) is 3.88. The fourth-order valence-corrected chi connectivity index (χ4v) is 1.40. The van der Waals surface area contributed by atoms with E-state index in [1.807, 2.05) is 0 Å². The van der Waals surface area contributed by atoms with Gasteiger partial charge >= 0.3 is 12.1 Å². The molecule has 8 heteroatoms. The maximum atomic E-state index is 12.0. The minimum Gasteiger partial charge on any atom is -0.490 e. The first kappa shape index (κ1) is 14.8. The van der Waals surface area contributed by atoms with Gasteiger partial charge in [-0.05, 0) is 18.2 Å². The molecule has 4 nitrogen and oxygen atoms in total. The lowest BCUT2D eigenvalue weighted by Gasteiger charge is -2.16. The molecule has 0 saturated heterocycles. The number of benzene rings is 1. The van der Waals surface area contributed by atoms with Crippen molar-refractivity contribution >= 4 is 21.9 Å². The first-order chi connectivity index (χ1) is 8.21. The lowest BCUT2D eigenvalue weighted by Crippen LogP contribution is -2.34. The van der Waals surface area contributed by atoms with Crippen molar-refractivity contribution in [3.63, 3.8) is 0 Å². The molecule has 0 spiro atoms. The van der Waals surface area contributed by atoms with Crippen molar-refractivity contribution in [3.05, 3.63) is 28.2 Å². The molecule has 1 atom stereocenters. The molecule has 1 rings (SSSR count). The second-order valence-electron chi connectivity index (χ2n) is 3.31. The molecule has 1 aromatic rings. The molecule has 0 fully saturated rings. The third-order valence-electron chi connectivity index (χ3n) is 1.95. The predicted octanol–water partition coefficient (Wildman–Crippen LogP) is 2.45. The van der Waals surface area contributed by atoms with Crippen LogP contribution in [0.15, 0.2) is 22.7 Å². The Bertz CT molecular complexity index is 447. The average molecular weight is 329 g/mol. The van der Waals surface area contributed by atoms with Crippen molar-refractivity contribution in [2.75, 3.05) is 6.61 Å². The predicted molar refractivity (Wildman–Crippen MR) is 58.7 cm³/mol. The molecule has 0 aromatic heterocycles. The van der Waals surface area contributed by atoms with E-state index in [0.717, 1.165) is 0 Å². The molecule has 0 amide bonds. The van der Waals surface area contributed by atoms with Crippen molar-refractivity contribution < 1.29 is 32.9 Å². The molecule has 2 N–H and O–H groups in total. The summed E-state index contributed by atoms with van der Waals surface area (Å²) >= 11 is 3.03. The minimum absolute atomic E-state index is 0.250. The van der Waals surface area contributed by atoms with Crippen LogP contribution in [0, 0.1) is 0 Å². The molecule has 0 heterocycles. The zero-order valence-electron chi connectivity index (χ0n) is 8.74. The summed E-state index contributed by atoms with van der Waals surface area (Å²) in [4.78, 5) is 10.8. The van der Waals surface area contributed by atoms with Gasteiger partial charge in [-0.1, -0.05) is 15.9 Å². The third-order valence-corrected chi connectivity index (χ3v) is 2.44. The van der Waals surface area contributed by atoms with Gasteiger partial charge in [0.05, 0.1) is 0 Å². The van der Waals surface area contributed by atoms with Crippen molar-refractivity contribution in [1.82, 2.24) is 0 Å². The second-order valence-corrected chi connectivity index (χ2v) is 4.23. The Morgan fingerprint density at radius 1 is 1.44 bits per heavy atom. The van der Waals surface area contributed by atoms with Crippen LogP contribution in [0.1, 0.15) is 10.4 Å². The largest absolute Gasteiger partial charge is 0.490 e. The summed E-state index contributed by atoms with van der Waals surface area (Å²) in [5, 5.41) is 17.5. The van der Waals surface area contributed by atoms with E-state index in [0.29, 0.717) is 4.47 Å². The van der Waals surface area contributed by atoms with Gasteiger partial charge in [-0.25, -0.2) is 4.79 Å². The van der Waals surface area contributed by atoms with Crippen LogP contribution in [0.3, 0.4) is 0 Å². The van der Waals surface area contributed by atoms with Gasteiger partial charge in [0.15, 0.2) is 6.10 Å². The molecule has 0 aliphatic heterocycles. The SMILES string of the molecule is O=C(O)c1ccc(Br)cc1OCC(O)C(F)(F)F. The number of rotatable bonds is 4. The molecule has 18 heavy (non-hydrogen) atoms. The highest BCUT2D eigenvalue weighted by Gasteiger charge is 2.38. The Kier molecular flexibility index (Phi) is 4.58. The number of aliphatic hydroxyl groups is 1. The van der Waals surface area contributed by atoms with Gasteiger partial charge in [-0.3, -0.25) is 0 Å². The minimum atomic E-state index is -4.81. The lowest BCUT2D eigenvalue weighted by molar-refractivity contribution is -0.210. The van der Waals surface area contributed by atoms with Gasteiger partial charge in [0, 0.05) is 4.47 Å². The molecule has 1 aromatic carbocycles. The van der Waals surface area contributed by atoms with Gasteiger partial charge in [0.1, 0.15) is 17.9 Å². The summed E-state index contributed by atoms with van der Waals surface area (Å²) in [7, 11) is 0. The average Bonchev–Trinajstić information content (AvgIpc) is 2.24. The summed E-state index contributed by atoms with van der Waals surface area (Å²) in [6.45, 7) is -1.07. The molecule has 0 radical (unpaired) electrons. The van der Waals surface area contributed by atoms with E-state index in [-0.39, 0.29) is 11.3 Å². The van der Waals surface area contributed by atoms with E-state index >= 15 is 0 Å². The van der Waals surface area contributed by atoms with Gasteiger partial charge in [-0.2, -0.15) is 13.2 Å². The quantitative estimate of drug-likeness (QED) is 0.891. The van der Waals surface area contributed by atoms with E-state index in [2.05, 4.69) is 20.7 Å². The van der Waals surface area contributed by atoms with Crippen molar-refractivity contribution in [2.45, 2.75) is 12.3 Å². The summed E-state index contributed by atoms with van der Waals surface area (Å²) in [6.07, 6.45) is -7.48. The summed E-state index contributed by atoms with van der Waals surface area (Å²) in [5.41, 5.74) is -0.285. The normalized spacial score (nSPS) is 13.2. The summed E-state index contributed by atoms with van der Waals surface area (Å²) in [5.74, 6) is -1.58. The van der Waals surface area contributed by atoms with E-state index in [1.54, 1.807) is 0 Å². The molecular formula is C10H8BrF3O4. The maximum absolute atomic E-state index is 12.0. The van der Waals surface area contributed by atoms with Crippen LogP contribution in [0.2, 0.25) is 0 Å². The first-order valence-electron chi connectivity index (χ1n) is 4.62. The van der Waals surface area contributed by atoms with Crippen LogP contribution in [-0.2, 0) is 0 Å². The number of hydrogen-bond donors (Lipinski definition) is 2. The number of carboxylic acids is 1. The van der Waals surface area contributed by atoms with E-state index in [9.17, 15) is 18.0 Å². The molecular weight excluding hydrogens is 321 g/mol. The molecule has 0 bridgehead atoms. The molecule has 100 valence electrons. The van der Waals surface area contributed by atoms with Crippen LogP contribution < -0.4 is 4.74 Å². The number of halogens is 4. The smallest absolute Gasteiger partial charge is 0.417 e. The number of ether oxygens (including phenoxy) is 1. The molecule has 1 unspecified atom stereocenters. The lowest BCUT2D eigenvalue weighted by atomic mass is 10.2.